The number of unbranched alkanes of at least 4 members (excludes halogenated alkanes) is 1. The highest BCUT2D eigenvalue weighted by molar-refractivity contribution is 7.91. The van der Waals surface area contributed by atoms with Gasteiger partial charge in [0.2, 0.25) is 15.7 Å². The van der Waals surface area contributed by atoms with E-state index in [0.717, 1.165) is 24.0 Å². The Morgan fingerprint density at radius 1 is 1.07 bits per heavy atom. The molecule has 0 aliphatic heterocycles. The fourth-order valence-electron chi connectivity index (χ4n) is 3.42. The van der Waals surface area contributed by atoms with E-state index in [0.29, 0.717) is 12.2 Å². The lowest BCUT2D eigenvalue weighted by Crippen LogP contribution is -2.27. The molecule has 3 rings (SSSR count). The molecule has 0 aliphatic rings. The third kappa shape index (κ3) is 4.16. The quantitative estimate of drug-likeness (QED) is 0.616. The molecule has 0 radical (unpaired) electrons. The van der Waals surface area contributed by atoms with Crippen molar-refractivity contribution in [2.45, 2.75) is 55.9 Å². The van der Waals surface area contributed by atoms with E-state index in [1.165, 1.54) is 16.7 Å². The Morgan fingerprint density at radius 2 is 1.70 bits per heavy atom. The van der Waals surface area contributed by atoms with Crippen molar-refractivity contribution in [3.8, 4) is 5.88 Å². The van der Waals surface area contributed by atoms with Gasteiger partial charge in [0.25, 0.3) is 5.56 Å². The van der Waals surface area contributed by atoms with Gasteiger partial charge < -0.3 is 5.11 Å². The summed E-state index contributed by atoms with van der Waals surface area (Å²) < 4.78 is 27.9. The normalized spacial score (nSPS) is 12.6. The van der Waals surface area contributed by atoms with Gasteiger partial charge in [0.05, 0.1) is 10.9 Å². The second kappa shape index (κ2) is 8.83. The fraction of sp³-hybridized carbons (Fsp3) is 0.304. The number of benzene rings is 2. The van der Waals surface area contributed by atoms with Crippen LogP contribution in [0.5, 0.6) is 5.88 Å². The maximum absolute atomic E-state index is 13.2. The molecule has 1 N–H and O–H groups in total. The molecule has 1 aromatic heterocycles. The first kappa shape index (κ1) is 21.8. The van der Waals surface area contributed by atoms with Crippen molar-refractivity contribution in [1.82, 2.24) is 9.55 Å². The second-order valence-electron chi connectivity index (χ2n) is 7.36. The lowest BCUT2D eigenvalue weighted by atomic mass is 10.1. The molecule has 0 saturated heterocycles. The summed E-state index contributed by atoms with van der Waals surface area (Å²) in [7, 11) is -4.24. The van der Waals surface area contributed by atoms with Crippen molar-refractivity contribution >= 4 is 9.84 Å². The summed E-state index contributed by atoms with van der Waals surface area (Å²) in [6, 6.07) is 15.2. The van der Waals surface area contributed by atoms with Crippen molar-refractivity contribution in [2.24, 2.45) is 0 Å². The third-order valence-electron chi connectivity index (χ3n) is 5.16. The lowest BCUT2D eigenvalue weighted by molar-refractivity contribution is 0.369. The third-order valence-corrected chi connectivity index (χ3v) is 6.94. The number of aromatic hydroxyl groups is 1. The molecule has 2 aromatic carbocycles. The molecule has 0 saturated carbocycles. The van der Waals surface area contributed by atoms with Crippen molar-refractivity contribution in [3.63, 3.8) is 0 Å². The number of rotatable bonds is 7. The molecular weight excluding hydrogens is 400 g/mol. The Labute approximate surface area is 176 Å². The molecule has 0 amide bonds. The largest absolute Gasteiger partial charge is 0.493 e. The number of aryl methyl sites for hydroxylation is 2. The first-order chi connectivity index (χ1) is 14.3. The summed E-state index contributed by atoms with van der Waals surface area (Å²) in [5, 5.41) is 11.1. The minimum atomic E-state index is -4.24. The van der Waals surface area contributed by atoms with E-state index < -0.39 is 32.2 Å². The van der Waals surface area contributed by atoms with Crippen LogP contribution in [-0.4, -0.2) is 23.1 Å². The predicted molar refractivity (Wildman–Crippen MR) is 116 cm³/mol. The highest BCUT2D eigenvalue weighted by Gasteiger charge is 2.31. The molecule has 7 heteroatoms. The van der Waals surface area contributed by atoms with Gasteiger partial charge >= 0.3 is 0 Å². The molecule has 158 valence electrons. The SMILES string of the molecule is CCCCc1nc(=O)c(S(=O)(=O)c2ccc(C)cc2)c(O)n1[C@@H](C)c1ccccc1. The van der Waals surface area contributed by atoms with Gasteiger partial charge in [0, 0.05) is 6.42 Å². The van der Waals surface area contributed by atoms with Crippen LogP contribution in [0.15, 0.2) is 69.2 Å². The molecule has 0 fully saturated rings. The summed E-state index contributed by atoms with van der Waals surface area (Å²) in [6.45, 7) is 5.70. The first-order valence-electron chi connectivity index (χ1n) is 9.98. The summed E-state index contributed by atoms with van der Waals surface area (Å²) in [5.41, 5.74) is 0.826. The van der Waals surface area contributed by atoms with Gasteiger partial charge in [-0.1, -0.05) is 61.4 Å². The number of hydrogen-bond acceptors (Lipinski definition) is 5. The highest BCUT2D eigenvalue weighted by Crippen LogP contribution is 2.31. The van der Waals surface area contributed by atoms with Gasteiger partial charge in [0.1, 0.15) is 5.82 Å². The van der Waals surface area contributed by atoms with Gasteiger partial charge in [-0.05, 0) is 38.0 Å². The summed E-state index contributed by atoms with van der Waals surface area (Å²) in [6.07, 6.45) is 2.10. The Hall–Kier alpha value is -2.93. The highest BCUT2D eigenvalue weighted by atomic mass is 32.2. The summed E-state index contributed by atoms with van der Waals surface area (Å²) in [5.74, 6) is -0.198. The van der Waals surface area contributed by atoms with Gasteiger partial charge in [-0.2, -0.15) is 4.98 Å². The van der Waals surface area contributed by atoms with Crippen molar-refractivity contribution in [1.29, 1.82) is 0 Å². The van der Waals surface area contributed by atoms with Gasteiger partial charge in [-0.3, -0.25) is 9.36 Å². The van der Waals surface area contributed by atoms with E-state index in [1.807, 2.05) is 51.1 Å². The monoisotopic (exact) mass is 426 g/mol. The topological polar surface area (TPSA) is 89.3 Å². The van der Waals surface area contributed by atoms with Gasteiger partial charge in [0.15, 0.2) is 4.90 Å². The van der Waals surface area contributed by atoms with Crippen molar-refractivity contribution in [2.75, 3.05) is 0 Å². The average molecular weight is 427 g/mol. The summed E-state index contributed by atoms with van der Waals surface area (Å²) >= 11 is 0. The molecule has 1 atom stereocenters. The van der Waals surface area contributed by atoms with Crippen LogP contribution < -0.4 is 5.56 Å². The molecular formula is C23H26N2O4S. The van der Waals surface area contributed by atoms with E-state index in [9.17, 15) is 18.3 Å². The second-order valence-corrected chi connectivity index (χ2v) is 9.25. The van der Waals surface area contributed by atoms with E-state index >= 15 is 0 Å². The standard InChI is InChI=1S/C23H26N2O4S/c1-4-5-11-20-24-22(26)21(30(28,29)19-14-12-16(2)13-15-19)23(27)25(20)17(3)18-9-7-6-8-10-18/h6-10,12-15,17,27H,4-5,11H2,1-3H3/t17-/m0/s1. The fourth-order valence-corrected chi connectivity index (χ4v) is 4.76. The van der Waals surface area contributed by atoms with E-state index in [-0.39, 0.29) is 4.90 Å². The molecule has 0 aliphatic carbocycles. The number of aromatic nitrogens is 2. The number of hydrogen-bond donors (Lipinski definition) is 1. The Bertz CT molecular complexity index is 1180. The first-order valence-corrected chi connectivity index (χ1v) is 11.5. The lowest BCUT2D eigenvalue weighted by Gasteiger charge is -2.23. The van der Waals surface area contributed by atoms with E-state index in [1.54, 1.807) is 12.1 Å². The molecule has 3 aromatic rings. The molecule has 0 unspecified atom stereocenters. The number of nitrogens with zero attached hydrogens (tertiary/aromatic N) is 2. The minimum Gasteiger partial charge on any atom is -0.493 e. The Morgan fingerprint density at radius 3 is 2.30 bits per heavy atom. The van der Waals surface area contributed by atoms with Crippen LogP contribution in [0.2, 0.25) is 0 Å². The maximum atomic E-state index is 13.2. The zero-order valence-electron chi connectivity index (χ0n) is 17.4. The van der Waals surface area contributed by atoms with Crippen LogP contribution in [0.25, 0.3) is 0 Å². The van der Waals surface area contributed by atoms with Crippen LogP contribution in [0.3, 0.4) is 0 Å². The van der Waals surface area contributed by atoms with Crippen LogP contribution in [0, 0.1) is 6.92 Å². The summed E-state index contributed by atoms with van der Waals surface area (Å²) in [4.78, 5) is 16.1. The smallest absolute Gasteiger partial charge is 0.296 e. The molecule has 0 spiro atoms. The maximum Gasteiger partial charge on any atom is 0.296 e. The van der Waals surface area contributed by atoms with Gasteiger partial charge in [-0.15, -0.1) is 0 Å². The molecule has 0 bridgehead atoms. The zero-order valence-corrected chi connectivity index (χ0v) is 18.2. The average Bonchev–Trinajstić information content (AvgIpc) is 2.72. The molecule has 6 nitrogen and oxygen atoms in total. The minimum absolute atomic E-state index is 0.0532. The zero-order chi connectivity index (χ0) is 21.9. The van der Waals surface area contributed by atoms with Crippen molar-refractivity contribution < 1.29 is 13.5 Å². The van der Waals surface area contributed by atoms with Crippen molar-refractivity contribution in [3.05, 3.63) is 81.9 Å². The van der Waals surface area contributed by atoms with E-state index in [2.05, 4.69) is 4.98 Å². The Kier molecular flexibility index (Phi) is 6.41. The molecule has 1 heterocycles. The predicted octanol–water partition coefficient (Wildman–Crippen LogP) is 4.04. The van der Waals surface area contributed by atoms with Crippen LogP contribution in [0.1, 0.15) is 49.7 Å². The van der Waals surface area contributed by atoms with Crippen LogP contribution in [-0.2, 0) is 16.3 Å². The van der Waals surface area contributed by atoms with Crippen LogP contribution >= 0.6 is 0 Å². The Balaban J connectivity index is 2.25. The van der Waals surface area contributed by atoms with Crippen LogP contribution in [0.4, 0.5) is 0 Å². The van der Waals surface area contributed by atoms with E-state index in [4.69, 9.17) is 0 Å². The van der Waals surface area contributed by atoms with Gasteiger partial charge in [-0.25, -0.2) is 8.42 Å². The number of sulfone groups is 1. The molecule has 30 heavy (non-hydrogen) atoms.